The van der Waals surface area contributed by atoms with Crippen LogP contribution in [0.15, 0.2) is 42.6 Å². The van der Waals surface area contributed by atoms with Gasteiger partial charge in [-0.25, -0.2) is 0 Å². The van der Waals surface area contributed by atoms with Gasteiger partial charge >= 0.3 is 6.18 Å². The van der Waals surface area contributed by atoms with Crippen molar-refractivity contribution >= 4 is 16.8 Å². The number of alkyl halides is 3. The molecule has 0 spiro atoms. The molecule has 3 rings (SSSR count). The number of carbonyl (C=O) groups is 1. The molecular formula is C19H18F3N3O2. The smallest absolute Gasteiger partial charge is 0.422 e. The lowest BCUT2D eigenvalue weighted by Crippen LogP contribution is -2.27. The van der Waals surface area contributed by atoms with E-state index < -0.39 is 18.8 Å². The van der Waals surface area contributed by atoms with E-state index in [1.165, 1.54) is 18.3 Å². The summed E-state index contributed by atoms with van der Waals surface area (Å²) >= 11 is 0. The fourth-order valence-corrected chi connectivity index (χ4v) is 2.61. The van der Waals surface area contributed by atoms with Crippen molar-refractivity contribution < 1.29 is 22.7 Å². The molecule has 0 aliphatic rings. The molecule has 0 bridgehead atoms. The molecule has 2 aromatic heterocycles. The number of nitrogens with zero attached hydrogens (tertiary/aromatic N) is 1. The van der Waals surface area contributed by atoms with Crippen LogP contribution >= 0.6 is 0 Å². The van der Waals surface area contributed by atoms with Crippen molar-refractivity contribution in [2.75, 3.05) is 6.61 Å². The average molecular weight is 377 g/mol. The Bertz CT molecular complexity index is 949. The van der Waals surface area contributed by atoms with Crippen molar-refractivity contribution in [2.45, 2.75) is 26.1 Å². The zero-order valence-corrected chi connectivity index (χ0v) is 14.7. The first-order chi connectivity index (χ1) is 12.7. The Labute approximate surface area is 153 Å². The third kappa shape index (κ3) is 4.78. The summed E-state index contributed by atoms with van der Waals surface area (Å²) in [6.45, 7) is 2.33. The highest BCUT2D eigenvalue weighted by Crippen LogP contribution is 2.20. The van der Waals surface area contributed by atoms with E-state index in [1.54, 1.807) is 13.0 Å². The number of aromatic amines is 1. The Morgan fingerprint density at radius 3 is 2.70 bits per heavy atom. The number of aryl methyl sites for hydroxylation is 1. The van der Waals surface area contributed by atoms with Crippen molar-refractivity contribution in [2.24, 2.45) is 0 Å². The third-order valence-electron chi connectivity index (χ3n) is 3.98. The van der Waals surface area contributed by atoms with Gasteiger partial charge in [-0.05, 0) is 43.7 Å². The first-order valence-corrected chi connectivity index (χ1v) is 8.27. The fraction of sp³-hybridized carbons (Fsp3) is 0.263. The number of H-pyrrole nitrogens is 1. The maximum Gasteiger partial charge on any atom is 0.422 e. The first-order valence-electron chi connectivity index (χ1n) is 8.27. The van der Waals surface area contributed by atoms with E-state index in [1.807, 2.05) is 25.1 Å². The molecule has 5 nitrogen and oxygen atoms in total. The van der Waals surface area contributed by atoms with Crippen LogP contribution in [0.3, 0.4) is 0 Å². The van der Waals surface area contributed by atoms with Gasteiger partial charge in [-0.2, -0.15) is 13.2 Å². The standard InChI is InChI=1S/C19H18F3N3O2/c1-11-3-4-13-8-17(25-16(13)7-11)18(26)24-12(2)15-6-5-14(9-23-15)27-10-19(20,21)22/h3-9,12,25H,10H2,1-2H3,(H,24,26)/t12-/m1/s1. The second-order valence-electron chi connectivity index (χ2n) is 6.29. The minimum Gasteiger partial charge on any atom is -0.483 e. The summed E-state index contributed by atoms with van der Waals surface area (Å²) in [6, 6.07) is 10.1. The molecule has 0 aliphatic carbocycles. The molecule has 0 saturated carbocycles. The highest BCUT2D eigenvalue weighted by molar-refractivity contribution is 5.98. The maximum absolute atomic E-state index is 12.4. The number of halogens is 3. The van der Waals surface area contributed by atoms with Crippen LogP contribution in [0.1, 0.15) is 34.7 Å². The van der Waals surface area contributed by atoms with Crippen LogP contribution in [-0.4, -0.2) is 28.7 Å². The number of ether oxygens (including phenoxy) is 1. The van der Waals surface area contributed by atoms with E-state index >= 15 is 0 Å². The van der Waals surface area contributed by atoms with Gasteiger partial charge < -0.3 is 15.0 Å². The van der Waals surface area contributed by atoms with Gasteiger partial charge in [0.1, 0.15) is 11.4 Å². The molecule has 1 amide bonds. The quantitative estimate of drug-likeness (QED) is 0.697. The summed E-state index contributed by atoms with van der Waals surface area (Å²) in [4.78, 5) is 19.6. The second-order valence-corrected chi connectivity index (χ2v) is 6.29. The van der Waals surface area contributed by atoms with Gasteiger partial charge in [0.15, 0.2) is 6.61 Å². The summed E-state index contributed by atoms with van der Waals surface area (Å²) in [6.07, 6.45) is -3.20. The third-order valence-corrected chi connectivity index (χ3v) is 3.98. The molecular weight excluding hydrogens is 359 g/mol. The minimum atomic E-state index is -4.40. The van der Waals surface area contributed by atoms with Crippen LogP contribution in [-0.2, 0) is 0 Å². The van der Waals surface area contributed by atoms with Gasteiger partial charge in [-0.15, -0.1) is 0 Å². The minimum absolute atomic E-state index is 0.0144. The Balaban J connectivity index is 1.65. The van der Waals surface area contributed by atoms with Gasteiger partial charge in [0, 0.05) is 10.9 Å². The molecule has 0 saturated heterocycles. The Morgan fingerprint density at radius 2 is 2.04 bits per heavy atom. The summed E-state index contributed by atoms with van der Waals surface area (Å²) in [7, 11) is 0. The van der Waals surface area contributed by atoms with E-state index in [9.17, 15) is 18.0 Å². The van der Waals surface area contributed by atoms with Crippen molar-refractivity contribution in [3.8, 4) is 5.75 Å². The highest BCUT2D eigenvalue weighted by Gasteiger charge is 2.28. The monoisotopic (exact) mass is 377 g/mol. The number of rotatable bonds is 5. The Hall–Kier alpha value is -3.03. The number of nitrogens with one attached hydrogen (secondary N) is 2. The lowest BCUT2D eigenvalue weighted by Gasteiger charge is -2.14. The van der Waals surface area contributed by atoms with Gasteiger partial charge in [0.05, 0.1) is 17.9 Å². The number of fused-ring (bicyclic) bond motifs is 1. The molecule has 0 fully saturated rings. The predicted molar refractivity (Wildman–Crippen MR) is 94.7 cm³/mol. The van der Waals surface area contributed by atoms with Gasteiger partial charge in [0.2, 0.25) is 0 Å². The second kappa shape index (κ2) is 7.30. The fourth-order valence-electron chi connectivity index (χ4n) is 2.61. The molecule has 1 atom stereocenters. The molecule has 8 heteroatoms. The largest absolute Gasteiger partial charge is 0.483 e. The van der Waals surface area contributed by atoms with E-state index in [2.05, 4.69) is 20.0 Å². The van der Waals surface area contributed by atoms with E-state index in [-0.39, 0.29) is 11.7 Å². The first kappa shape index (κ1) is 18.8. The number of aromatic nitrogens is 2. The Kier molecular flexibility index (Phi) is 5.07. The topological polar surface area (TPSA) is 67.0 Å². The van der Waals surface area contributed by atoms with Crippen molar-refractivity contribution in [3.05, 3.63) is 59.5 Å². The molecule has 142 valence electrons. The zero-order chi connectivity index (χ0) is 19.6. The molecule has 3 aromatic rings. The SMILES string of the molecule is Cc1ccc2cc(C(=O)N[C@H](C)c3ccc(OCC(F)(F)F)cn3)[nH]c2c1. The van der Waals surface area contributed by atoms with Gasteiger partial charge in [-0.1, -0.05) is 12.1 Å². The van der Waals surface area contributed by atoms with Gasteiger partial charge in [0.25, 0.3) is 5.91 Å². The van der Waals surface area contributed by atoms with Gasteiger partial charge in [-0.3, -0.25) is 9.78 Å². The number of carbonyl (C=O) groups excluding carboxylic acids is 1. The van der Waals surface area contributed by atoms with E-state index in [0.29, 0.717) is 11.4 Å². The van der Waals surface area contributed by atoms with Crippen LogP contribution in [0.2, 0.25) is 0 Å². The van der Waals surface area contributed by atoms with Crippen molar-refractivity contribution in [3.63, 3.8) is 0 Å². The van der Waals surface area contributed by atoms with Crippen LogP contribution in [0.25, 0.3) is 10.9 Å². The molecule has 2 N–H and O–H groups in total. The number of hydrogen-bond acceptors (Lipinski definition) is 3. The van der Waals surface area contributed by atoms with Crippen LogP contribution in [0.5, 0.6) is 5.75 Å². The summed E-state index contributed by atoms with van der Waals surface area (Å²) in [5.74, 6) is -0.281. The molecule has 27 heavy (non-hydrogen) atoms. The van der Waals surface area contributed by atoms with Crippen LogP contribution in [0, 0.1) is 6.92 Å². The molecule has 0 unspecified atom stereocenters. The van der Waals surface area contributed by atoms with Crippen LogP contribution < -0.4 is 10.1 Å². The number of hydrogen-bond donors (Lipinski definition) is 2. The molecule has 1 aromatic carbocycles. The molecule has 2 heterocycles. The van der Waals surface area contributed by atoms with E-state index in [0.717, 1.165) is 16.5 Å². The normalized spacial score (nSPS) is 12.8. The number of benzene rings is 1. The lowest BCUT2D eigenvalue weighted by molar-refractivity contribution is -0.153. The number of pyridine rings is 1. The van der Waals surface area contributed by atoms with Crippen LogP contribution in [0.4, 0.5) is 13.2 Å². The summed E-state index contributed by atoms with van der Waals surface area (Å²) < 4.78 is 41.1. The maximum atomic E-state index is 12.4. The van der Waals surface area contributed by atoms with E-state index in [4.69, 9.17) is 0 Å². The van der Waals surface area contributed by atoms with Crippen molar-refractivity contribution in [1.82, 2.24) is 15.3 Å². The average Bonchev–Trinajstić information content (AvgIpc) is 3.03. The lowest BCUT2D eigenvalue weighted by atomic mass is 10.2. The zero-order valence-electron chi connectivity index (χ0n) is 14.7. The predicted octanol–water partition coefficient (Wildman–Crippen LogP) is 4.30. The Morgan fingerprint density at radius 1 is 1.26 bits per heavy atom. The summed E-state index contributed by atoms with van der Waals surface area (Å²) in [5, 5.41) is 3.74. The summed E-state index contributed by atoms with van der Waals surface area (Å²) in [5.41, 5.74) is 2.89. The van der Waals surface area contributed by atoms with Crippen molar-refractivity contribution in [1.29, 1.82) is 0 Å². The number of amides is 1. The highest BCUT2D eigenvalue weighted by atomic mass is 19.4. The molecule has 0 aliphatic heterocycles. The molecule has 0 radical (unpaired) electrons.